The van der Waals surface area contributed by atoms with E-state index in [9.17, 15) is 14.4 Å². The monoisotopic (exact) mass is 606 g/mol. The van der Waals surface area contributed by atoms with E-state index in [1.807, 2.05) is 36.1 Å². The Labute approximate surface area is 259 Å². The van der Waals surface area contributed by atoms with Crippen LogP contribution in [0, 0.1) is 0 Å². The number of alkyl carbamates (subject to hydrolysis) is 1. The van der Waals surface area contributed by atoms with Crippen molar-refractivity contribution < 1.29 is 19.1 Å². The van der Waals surface area contributed by atoms with E-state index >= 15 is 0 Å². The van der Waals surface area contributed by atoms with Crippen molar-refractivity contribution in [1.29, 1.82) is 0 Å². The summed E-state index contributed by atoms with van der Waals surface area (Å²) in [5.41, 5.74) is 1.26. The van der Waals surface area contributed by atoms with Gasteiger partial charge in [-0.25, -0.2) is 4.79 Å². The van der Waals surface area contributed by atoms with Crippen LogP contribution in [-0.2, 0) is 27.2 Å². The number of halogens is 1. The molecule has 8 nitrogen and oxygen atoms in total. The van der Waals surface area contributed by atoms with Crippen molar-refractivity contribution in [3.63, 3.8) is 0 Å². The summed E-state index contributed by atoms with van der Waals surface area (Å²) in [6.07, 6.45) is 0.934. The maximum Gasteiger partial charge on any atom is 0.408 e. The van der Waals surface area contributed by atoms with E-state index in [-0.39, 0.29) is 23.9 Å². The number of hydrogen-bond donors (Lipinski definition) is 2. The van der Waals surface area contributed by atoms with Gasteiger partial charge in [0.15, 0.2) is 0 Å². The van der Waals surface area contributed by atoms with Gasteiger partial charge in [-0.2, -0.15) is 0 Å². The number of ether oxygens (including phenoxy) is 1. The number of benzene rings is 3. The number of nitrogens with zero attached hydrogens (tertiary/aromatic N) is 2. The van der Waals surface area contributed by atoms with E-state index in [1.165, 1.54) is 0 Å². The summed E-state index contributed by atoms with van der Waals surface area (Å²) >= 11 is 6.08. The first-order chi connectivity index (χ1) is 20.5. The number of carbonyl (C=O) groups is 3. The van der Waals surface area contributed by atoms with Crippen LogP contribution in [0.5, 0.6) is 0 Å². The zero-order chi connectivity index (χ0) is 31.1. The molecular weight excluding hydrogens is 564 g/mol. The maximum absolute atomic E-state index is 14.1. The van der Waals surface area contributed by atoms with E-state index in [0.717, 1.165) is 21.9 Å². The highest BCUT2D eigenvalue weighted by Gasteiger charge is 2.38. The van der Waals surface area contributed by atoms with E-state index in [0.29, 0.717) is 43.9 Å². The van der Waals surface area contributed by atoms with Gasteiger partial charge in [-0.15, -0.1) is 0 Å². The third-order valence-corrected chi connectivity index (χ3v) is 8.10. The number of amides is 3. The number of likely N-dealkylation sites (N-methyl/N-ethyl adjacent to an activating group) is 1. The van der Waals surface area contributed by atoms with Crippen LogP contribution in [0.1, 0.15) is 45.2 Å². The Bertz CT molecular complexity index is 1420. The molecule has 3 amide bonds. The lowest BCUT2D eigenvalue weighted by atomic mass is 9.97. The van der Waals surface area contributed by atoms with Gasteiger partial charge in [0.05, 0.1) is 6.04 Å². The van der Waals surface area contributed by atoms with Crippen LogP contribution in [0.2, 0.25) is 5.02 Å². The number of carbonyl (C=O) groups excluding carboxylic acids is 3. The minimum absolute atomic E-state index is 0.0463. The molecule has 0 saturated carbocycles. The summed E-state index contributed by atoms with van der Waals surface area (Å²) in [7, 11) is 1.66. The van der Waals surface area contributed by atoms with Crippen LogP contribution in [0.4, 0.5) is 4.79 Å². The smallest absolute Gasteiger partial charge is 0.408 e. The highest BCUT2D eigenvalue weighted by atomic mass is 35.5. The third kappa shape index (κ3) is 8.71. The Morgan fingerprint density at radius 1 is 0.953 bits per heavy atom. The summed E-state index contributed by atoms with van der Waals surface area (Å²) in [6, 6.07) is 20.5. The zero-order valence-electron chi connectivity index (χ0n) is 25.7. The first-order valence-corrected chi connectivity index (χ1v) is 15.3. The van der Waals surface area contributed by atoms with Crippen molar-refractivity contribution >= 4 is 40.3 Å². The van der Waals surface area contributed by atoms with Gasteiger partial charge >= 0.3 is 6.09 Å². The Morgan fingerprint density at radius 2 is 1.63 bits per heavy atom. The Balaban J connectivity index is 1.52. The van der Waals surface area contributed by atoms with Gasteiger partial charge in [0.1, 0.15) is 11.6 Å². The average molecular weight is 607 g/mol. The molecule has 230 valence electrons. The average Bonchev–Trinajstić information content (AvgIpc) is 2.98. The lowest BCUT2D eigenvalue weighted by molar-refractivity contribution is -0.140. The largest absolute Gasteiger partial charge is 0.444 e. The molecule has 1 aliphatic rings. The van der Waals surface area contributed by atoms with E-state index < -0.39 is 17.7 Å². The topological polar surface area (TPSA) is 91.0 Å². The molecule has 1 heterocycles. The van der Waals surface area contributed by atoms with Crippen LogP contribution >= 0.6 is 11.6 Å². The minimum Gasteiger partial charge on any atom is -0.444 e. The van der Waals surface area contributed by atoms with Crippen molar-refractivity contribution in [2.45, 2.75) is 70.7 Å². The summed E-state index contributed by atoms with van der Waals surface area (Å²) in [6.45, 7) is 8.93. The molecule has 0 bridgehead atoms. The predicted molar refractivity (Wildman–Crippen MR) is 171 cm³/mol. The molecule has 2 N–H and O–H groups in total. The first-order valence-electron chi connectivity index (χ1n) is 14.9. The van der Waals surface area contributed by atoms with E-state index in [4.69, 9.17) is 16.3 Å². The molecule has 3 aromatic carbocycles. The van der Waals surface area contributed by atoms with Crippen LogP contribution in [-0.4, -0.2) is 78.1 Å². The summed E-state index contributed by atoms with van der Waals surface area (Å²) in [5.74, 6) is -0.215. The van der Waals surface area contributed by atoms with Crippen molar-refractivity contribution in [2.75, 3.05) is 26.7 Å². The van der Waals surface area contributed by atoms with Crippen molar-refractivity contribution in [1.82, 2.24) is 20.4 Å². The van der Waals surface area contributed by atoms with Crippen molar-refractivity contribution in [3.8, 4) is 0 Å². The number of rotatable bonds is 9. The normalized spacial score (nSPS) is 17.3. The molecule has 3 atom stereocenters. The maximum atomic E-state index is 14.1. The summed E-state index contributed by atoms with van der Waals surface area (Å²) in [4.78, 5) is 44.0. The molecule has 9 heteroatoms. The minimum atomic E-state index is -0.816. The molecule has 4 rings (SSSR count). The Kier molecular flexibility index (Phi) is 10.7. The number of hydrogen-bond acceptors (Lipinski definition) is 5. The molecular formula is C34H43ClN4O4. The molecule has 3 aromatic rings. The Morgan fingerprint density at radius 3 is 2.28 bits per heavy atom. The standard InChI is InChI=1S/C34H43ClN4O4/c1-6-28-22-38(30(31(40)36-5)21-24-11-14-25-9-7-8-10-26(25)19-24)17-18-39(28)32(41)29(37-33(42)43-34(2,3)4)20-23-12-15-27(35)16-13-23/h7-16,19,28-30H,6,17-18,20-22H2,1-5H3,(H,36,40)(H,37,42). The SMILES string of the molecule is CCC1CN(C(Cc2ccc3ccccc3c2)C(=O)NC)CCN1C(=O)C(Cc1ccc(Cl)cc1)NC(=O)OC(C)(C)C. The van der Waals surface area contributed by atoms with Crippen LogP contribution in [0.15, 0.2) is 66.7 Å². The molecule has 0 aliphatic carbocycles. The van der Waals surface area contributed by atoms with Gasteiger partial charge in [0, 0.05) is 44.2 Å². The Hall–Kier alpha value is -3.62. The highest BCUT2D eigenvalue weighted by Crippen LogP contribution is 2.23. The van der Waals surface area contributed by atoms with Gasteiger partial charge in [0.2, 0.25) is 11.8 Å². The van der Waals surface area contributed by atoms with Crippen molar-refractivity contribution in [2.24, 2.45) is 0 Å². The van der Waals surface area contributed by atoms with Gasteiger partial charge in [-0.3, -0.25) is 14.5 Å². The third-order valence-electron chi connectivity index (χ3n) is 7.84. The quantitative estimate of drug-likeness (QED) is 0.349. The summed E-state index contributed by atoms with van der Waals surface area (Å²) < 4.78 is 5.49. The van der Waals surface area contributed by atoms with Crippen LogP contribution < -0.4 is 10.6 Å². The lowest BCUT2D eigenvalue weighted by Crippen LogP contribution is -2.63. The molecule has 0 aromatic heterocycles. The van der Waals surface area contributed by atoms with E-state index in [1.54, 1.807) is 40.0 Å². The van der Waals surface area contributed by atoms with Crippen LogP contribution in [0.25, 0.3) is 10.8 Å². The van der Waals surface area contributed by atoms with Crippen molar-refractivity contribution in [3.05, 3.63) is 82.9 Å². The summed E-state index contributed by atoms with van der Waals surface area (Å²) in [5, 5.41) is 8.57. The second kappa shape index (κ2) is 14.2. The molecule has 3 unspecified atom stereocenters. The molecule has 1 saturated heterocycles. The molecule has 0 spiro atoms. The van der Waals surface area contributed by atoms with Gasteiger partial charge in [-0.1, -0.05) is 73.1 Å². The molecule has 0 radical (unpaired) electrons. The van der Waals surface area contributed by atoms with Gasteiger partial charge < -0.3 is 20.3 Å². The fourth-order valence-corrected chi connectivity index (χ4v) is 5.78. The van der Waals surface area contributed by atoms with Crippen LogP contribution in [0.3, 0.4) is 0 Å². The lowest BCUT2D eigenvalue weighted by Gasteiger charge is -2.44. The number of nitrogens with one attached hydrogen (secondary N) is 2. The molecule has 43 heavy (non-hydrogen) atoms. The predicted octanol–water partition coefficient (Wildman–Crippen LogP) is 5.21. The number of fused-ring (bicyclic) bond motifs is 1. The number of piperazine rings is 1. The van der Waals surface area contributed by atoms with E-state index in [2.05, 4.69) is 45.9 Å². The first kappa shape index (κ1) is 32.3. The highest BCUT2D eigenvalue weighted by molar-refractivity contribution is 6.30. The fraction of sp³-hybridized carbons (Fsp3) is 0.441. The molecule has 1 fully saturated rings. The second-order valence-corrected chi connectivity index (χ2v) is 12.6. The second-order valence-electron chi connectivity index (χ2n) is 12.1. The van der Waals surface area contributed by atoms with Gasteiger partial charge in [0.25, 0.3) is 0 Å². The van der Waals surface area contributed by atoms with Gasteiger partial charge in [-0.05, 0) is 67.6 Å². The molecule has 1 aliphatic heterocycles. The zero-order valence-corrected chi connectivity index (χ0v) is 26.5. The fourth-order valence-electron chi connectivity index (χ4n) is 5.65.